The van der Waals surface area contributed by atoms with E-state index < -0.39 is 28.3 Å². The van der Waals surface area contributed by atoms with Gasteiger partial charge in [-0.3, -0.25) is 9.10 Å². The third-order valence-corrected chi connectivity index (χ3v) is 7.08. The number of rotatable bonds is 11. The van der Waals surface area contributed by atoms with Gasteiger partial charge in [0.15, 0.2) is 0 Å². The molecule has 0 aliphatic carbocycles. The van der Waals surface area contributed by atoms with E-state index in [2.05, 4.69) is 5.32 Å². The summed E-state index contributed by atoms with van der Waals surface area (Å²) in [7, 11) is -4.11. The maximum atomic E-state index is 13.5. The SMILES string of the molecule is CCOc1ccc(S(=O)(=O)N(CC(=O)NCCOc2ccc(C)c(C)c2)c2ccc(F)cc2)cc1. The van der Waals surface area contributed by atoms with Crippen LogP contribution in [-0.2, 0) is 14.8 Å². The molecular formula is C26H29FN2O5S. The summed E-state index contributed by atoms with van der Waals surface area (Å²) in [6.45, 7) is 6.19. The van der Waals surface area contributed by atoms with E-state index in [0.29, 0.717) is 18.1 Å². The largest absolute Gasteiger partial charge is 0.494 e. The van der Waals surface area contributed by atoms with Gasteiger partial charge >= 0.3 is 0 Å². The predicted molar refractivity (Wildman–Crippen MR) is 133 cm³/mol. The molecule has 35 heavy (non-hydrogen) atoms. The van der Waals surface area contributed by atoms with Crippen molar-refractivity contribution in [1.29, 1.82) is 0 Å². The van der Waals surface area contributed by atoms with E-state index in [4.69, 9.17) is 9.47 Å². The van der Waals surface area contributed by atoms with Crippen LogP contribution in [0.5, 0.6) is 11.5 Å². The zero-order valence-electron chi connectivity index (χ0n) is 20.0. The number of sulfonamides is 1. The molecule has 0 saturated heterocycles. The van der Waals surface area contributed by atoms with Crippen LogP contribution in [0, 0.1) is 19.7 Å². The van der Waals surface area contributed by atoms with Crippen molar-refractivity contribution in [2.45, 2.75) is 25.7 Å². The van der Waals surface area contributed by atoms with Crippen LogP contribution in [-0.4, -0.2) is 40.6 Å². The van der Waals surface area contributed by atoms with Gasteiger partial charge in [-0.05, 0) is 92.6 Å². The lowest BCUT2D eigenvalue weighted by molar-refractivity contribution is -0.119. The molecule has 3 aromatic carbocycles. The fourth-order valence-corrected chi connectivity index (χ4v) is 4.69. The van der Waals surface area contributed by atoms with Gasteiger partial charge in [0.2, 0.25) is 5.91 Å². The number of carbonyl (C=O) groups excluding carboxylic acids is 1. The Hall–Kier alpha value is -3.59. The van der Waals surface area contributed by atoms with E-state index in [1.54, 1.807) is 12.1 Å². The number of halogens is 1. The summed E-state index contributed by atoms with van der Waals surface area (Å²) < 4.78 is 52.2. The Bertz CT molecular complexity index is 1250. The summed E-state index contributed by atoms with van der Waals surface area (Å²) >= 11 is 0. The van der Waals surface area contributed by atoms with Crippen LogP contribution in [0.4, 0.5) is 10.1 Å². The molecule has 0 bridgehead atoms. The first-order valence-electron chi connectivity index (χ1n) is 11.2. The standard InChI is InChI=1S/C26H29FN2O5S/c1-4-33-23-11-13-25(14-12-23)35(31,32)29(22-8-6-21(27)7-9-22)18-26(30)28-15-16-34-24-10-5-19(2)20(3)17-24/h5-14,17H,4,15-16,18H2,1-3H3,(H,28,30). The third kappa shape index (κ3) is 6.95. The van der Waals surface area contributed by atoms with Crippen LogP contribution in [0.1, 0.15) is 18.1 Å². The summed E-state index contributed by atoms with van der Waals surface area (Å²) in [6, 6.07) is 16.5. The van der Waals surface area contributed by atoms with Gasteiger partial charge in [-0.25, -0.2) is 12.8 Å². The lowest BCUT2D eigenvalue weighted by atomic mass is 10.1. The third-order valence-electron chi connectivity index (χ3n) is 5.30. The molecule has 3 rings (SSSR count). The normalized spacial score (nSPS) is 11.1. The number of aryl methyl sites for hydroxylation is 2. The molecule has 0 heterocycles. The number of hydrogen-bond acceptors (Lipinski definition) is 5. The number of nitrogens with zero attached hydrogens (tertiary/aromatic N) is 1. The van der Waals surface area contributed by atoms with Gasteiger partial charge in [-0.2, -0.15) is 0 Å². The summed E-state index contributed by atoms with van der Waals surface area (Å²) in [5.41, 5.74) is 2.42. The van der Waals surface area contributed by atoms with Crippen LogP contribution < -0.4 is 19.1 Å². The Morgan fingerprint density at radius 2 is 1.57 bits per heavy atom. The minimum absolute atomic E-state index is 0.0175. The second-order valence-electron chi connectivity index (χ2n) is 7.84. The molecule has 0 unspecified atom stereocenters. The number of benzene rings is 3. The Balaban J connectivity index is 1.70. The van der Waals surface area contributed by atoms with E-state index in [0.717, 1.165) is 27.6 Å². The van der Waals surface area contributed by atoms with Crippen molar-refractivity contribution in [2.75, 3.05) is 30.6 Å². The first kappa shape index (κ1) is 26.0. The predicted octanol–water partition coefficient (Wildman–Crippen LogP) is 4.23. The summed E-state index contributed by atoms with van der Waals surface area (Å²) in [6.07, 6.45) is 0. The van der Waals surface area contributed by atoms with Crippen molar-refractivity contribution >= 4 is 21.6 Å². The molecule has 1 N–H and O–H groups in total. The summed E-state index contributed by atoms with van der Waals surface area (Å²) in [5.74, 6) is 0.183. The Morgan fingerprint density at radius 3 is 2.20 bits per heavy atom. The average Bonchev–Trinajstić information content (AvgIpc) is 2.84. The lowest BCUT2D eigenvalue weighted by Gasteiger charge is -2.24. The molecule has 9 heteroatoms. The number of amides is 1. The zero-order valence-corrected chi connectivity index (χ0v) is 20.8. The maximum absolute atomic E-state index is 13.5. The molecule has 0 fully saturated rings. The van der Waals surface area contributed by atoms with Gasteiger partial charge in [-0.1, -0.05) is 6.07 Å². The van der Waals surface area contributed by atoms with Crippen LogP contribution >= 0.6 is 0 Å². The van der Waals surface area contributed by atoms with Gasteiger partial charge in [0.05, 0.1) is 23.7 Å². The second-order valence-corrected chi connectivity index (χ2v) is 9.70. The monoisotopic (exact) mass is 500 g/mol. The van der Waals surface area contributed by atoms with Crippen molar-refractivity contribution in [2.24, 2.45) is 0 Å². The molecular weight excluding hydrogens is 471 g/mol. The van der Waals surface area contributed by atoms with Crippen LogP contribution in [0.25, 0.3) is 0 Å². The van der Waals surface area contributed by atoms with E-state index >= 15 is 0 Å². The number of nitrogens with one attached hydrogen (secondary N) is 1. The van der Waals surface area contributed by atoms with Crippen LogP contribution in [0.15, 0.2) is 71.6 Å². The number of ether oxygens (including phenoxy) is 2. The highest BCUT2D eigenvalue weighted by Crippen LogP contribution is 2.25. The van der Waals surface area contributed by atoms with Gasteiger partial charge < -0.3 is 14.8 Å². The van der Waals surface area contributed by atoms with Gasteiger partial charge in [0.25, 0.3) is 10.0 Å². The second kappa shape index (κ2) is 11.7. The van der Waals surface area contributed by atoms with E-state index in [1.807, 2.05) is 39.0 Å². The molecule has 0 aliphatic rings. The minimum atomic E-state index is -4.11. The summed E-state index contributed by atoms with van der Waals surface area (Å²) in [5, 5.41) is 2.68. The Morgan fingerprint density at radius 1 is 0.914 bits per heavy atom. The Labute approximate surface area is 205 Å². The van der Waals surface area contributed by atoms with Crippen molar-refractivity contribution in [3.8, 4) is 11.5 Å². The molecule has 0 saturated carbocycles. The van der Waals surface area contributed by atoms with Gasteiger partial charge in [0.1, 0.15) is 30.5 Å². The van der Waals surface area contributed by atoms with Crippen LogP contribution in [0.2, 0.25) is 0 Å². The summed E-state index contributed by atoms with van der Waals surface area (Å²) in [4.78, 5) is 12.6. The van der Waals surface area contributed by atoms with Crippen molar-refractivity contribution < 1.29 is 27.1 Å². The minimum Gasteiger partial charge on any atom is -0.494 e. The first-order chi connectivity index (χ1) is 16.7. The molecule has 1 amide bonds. The zero-order chi connectivity index (χ0) is 25.4. The molecule has 0 radical (unpaired) electrons. The molecule has 3 aromatic rings. The highest BCUT2D eigenvalue weighted by atomic mass is 32.2. The maximum Gasteiger partial charge on any atom is 0.264 e. The van der Waals surface area contributed by atoms with Crippen molar-refractivity contribution in [3.05, 3.63) is 83.7 Å². The van der Waals surface area contributed by atoms with Crippen LogP contribution in [0.3, 0.4) is 0 Å². The molecule has 0 atom stereocenters. The average molecular weight is 501 g/mol. The van der Waals surface area contributed by atoms with Gasteiger partial charge in [0, 0.05) is 0 Å². The number of carbonyl (C=O) groups is 1. The first-order valence-corrected chi connectivity index (χ1v) is 12.6. The highest BCUT2D eigenvalue weighted by molar-refractivity contribution is 7.92. The fraction of sp³-hybridized carbons (Fsp3) is 0.269. The van der Waals surface area contributed by atoms with E-state index in [-0.39, 0.29) is 23.7 Å². The quantitative estimate of drug-likeness (QED) is 0.398. The lowest BCUT2D eigenvalue weighted by Crippen LogP contribution is -2.41. The molecule has 0 aliphatic heterocycles. The van der Waals surface area contributed by atoms with E-state index in [9.17, 15) is 17.6 Å². The topological polar surface area (TPSA) is 84.9 Å². The number of anilines is 1. The highest BCUT2D eigenvalue weighted by Gasteiger charge is 2.27. The van der Waals surface area contributed by atoms with Crippen molar-refractivity contribution in [3.63, 3.8) is 0 Å². The van der Waals surface area contributed by atoms with E-state index in [1.165, 1.54) is 24.3 Å². The molecule has 7 nitrogen and oxygen atoms in total. The smallest absolute Gasteiger partial charge is 0.264 e. The molecule has 0 spiro atoms. The Kier molecular flexibility index (Phi) is 8.70. The molecule has 186 valence electrons. The molecule has 0 aromatic heterocycles. The fourth-order valence-electron chi connectivity index (χ4n) is 3.27. The van der Waals surface area contributed by atoms with Crippen molar-refractivity contribution in [1.82, 2.24) is 5.32 Å². The number of hydrogen-bond donors (Lipinski definition) is 1. The van der Waals surface area contributed by atoms with Gasteiger partial charge in [-0.15, -0.1) is 0 Å².